The van der Waals surface area contributed by atoms with Gasteiger partial charge in [0.25, 0.3) is 0 Å². The van der Waals surface area contributed by atoms with Crippen LogP contribution in [0.3, 0.4) is 0 Å². The van der Waals surface area contributed by atoms with Crippen LogP contribution in [0.25, 0.3) is 0 Å². The summed E-state index contributed by atoms with van der Waals surface area (Å²) in [5.74, 6) is 1.63. The average molecular weight is 312 g/mol. The van der Waals surface area contributed by atoms with Crippen LogP contribution in [0.5, 0.6) is 0 Å². The molecule has 4 heteroatoms. The van der Waals surface area contributed by atoms with Gasteiger partial charge in [0.05, 0.1) is 0 Å². The van der Waals surface area contributed by atoms with E-state index in [0.717, 1.165) is 38.0 Å². The molecule has 1 aliphatic heterocycles. The van der Waals surface area contributed by atoms with E-state index in [9.17, 15) is 4.79 Å². The smallest absolute Gasteiger partial charge is 0.167 e. The van der Waals surface area contributed by atoms with Crippen LogP contribution in [0.1, 0.15) is 29.6 Å². The molecule has 0 aliphatic carbocycles. The van der Waals surface area contributed by atoms with Crippen molar-refractivity contribution >= 4 is 29.1 Å². The van der Waals surface area contributed by atoms with Crippen LogP contribution in [-0.2, 0) is 0 Å². The fourth-order valence-corrected chi connectivity index (χ4v) is 3.30. The van der Waals surface area contributed by atoms with E-state index in [1.54, 1.807) is 12.1 Å². The third-order valence-electron chi connectivity index (χ3n) is 3.83. The van der Waals surface area contributed by atoms with E-state index in [0.29, 0.717) is 5.02 Å². The average Bonchev–Trinajstić information content (AvgIpc) is 2.48. The Balaban J connectivity index is 1.91. The second-order valence-corrected chi connectivity index (χ2v) is 6.78. The van der Waals surface area contributed by atoms with E-state index in [-0.39, 0.29) is 11.7 Å². The summed E-state index contributed by atoms with van der Waals surface area (Å²) in [5.41, 5.74) is 0.797. The van der Waals surface area contributed by atoms with Crippen molar-refractivity contribution in [3.8, 4) is 0 Å². The fraction of sp³-hybridized carbons (Fsp3) is 0.562. The first kappa shape index (κ1) is 15.9. The monoisotopic (exact) mass is 311 g/mol. The van der Waals surface area contributed by atoms with E-state index in [1.165, 1.54) is 12.2 Å². The Labute approximate surface area is 130 Å². The normalized spacial score (nSPS) is 20.0. The molecule has 0 bridgehead atoms. The van der Waals surface area contributed by atoms with Crippen LogP contribution in [0, 0.1) is 5.92 Å². The van der Waals surface area contributed by atoms with Gasteiger partial charge in [0.2, 0.25) is 0 Å². The molecule has 0 saturated carbocycles. The van der Waals surface area contributed by atoms with Gasteiger partial charge in [-0.2, -0.15) is 11.8 Å². The van der Waals surface area contributed by atoms with E-state index >= 15 is 0 Å². The van der Waals surface area contributed by atoms with E-state index in [1.807, 2.05) is 23.9 Å². The number of carbonyl (C=O) groups is 1. The van der Waals surface area contributed by atoms with Gasteiger partial charge in [-0.3, -0.25) is 4.79 Å². The van der Waals surface area contributed by atoms with Gasteiger partial charge in [-0.15, -0.1) is 0 Å². The van der Waals surface area contributed by atoms with Gasteiger partial charge in [0.15, 0.2) is 5.78 Å². The molecule has 1 saturated heterocycles. The third kappa shape index (κ3) is 4.51. The molecule has 1 fully saturated rings. The molecule has 0 radical (unpaired) electrons. The predicted molar refractivity (Wildman–Crippen MR) is 87.9 cm³/mol. The Hall–Kier alpha value is -0.510. The van der Waals surface area contributed by atoms with E-state index in [4.69, 9.17) is 11.6 Å². The summed E-state index contributed by atoms with van der Waals surface area (Å²) in [6.45, 7) is 3.17. The largest absolute Gasteiger partial charge is 0.303 e. The number of hydrogen-bond donors (Lipinski definition) is 0. The number of ketones is 1. The number of nitrogens with zero attached hydrogens (tertiary/aromatic N) is 1. The molecule has 1 atom stereocenters. The summed E-state index contributed by atoms with van der Waals surface area (Å²) < 4.78 is 0. The number of carbonyl (C=O) groups excluding carboxylic acids is 1. The van der Waals surface area contributed by atoms with Crippen LogP contribution in [-0.4, -0.2) is 42.3 Å². The number of likely N-dealkylation sites (tertiary alicyclic amines) is 1. The number of rotatable bonds is 6. The molecule has 2 nitrogen and oxygen atoms in total. The third-order valence-corrected chi connectivity index (χ3v) is 4.78. The topological polar surface area (TPSA) is 20.3 Å². The highest BCUT2D eigenvalue weighted by Crippen LogP contribution is 2.22. The van der Waals surface area contributed by atoms with Crippen molar-refractivity contribution in [2.45, 2.75) is 19.3 Å². The molecule has 0 unspecified atom stereocenters. The minimum Gasteiger partial charge on any atom is -0.303 e. The molecular formula is C16H22ClNOS. The van der Waals surface area contributed by atoms with Crippen molar-refractivity contribution in [1.82, 2.24) is 4.90 Å². The van der Waals surface area contributed by atoms with Gasteiger partial charge in [-0.1, -0.05) is 11.6 Å². The first-order chi connectivity index (χ1) is 9.70. The molecule has 0 amide bonds. The summed E-state index contributed by atoms with van der Waals surface area (Å²) >= 11 is 7.76. The first-order valence-corrected chi connectivity index (χ1v) is 8.99. The molecule has 1 aromatic rings. The fourth-order valence-electron chi connectivity index (χ4n) is 2.75. The number of benzene rings is 1. The van der Waals surface area contributed by atoms with Crippen LogP contribution < -0.4 is 0 Å². The highest BCUT2D eigenvalue weighted by molar-refractivity contribution is 7.98. The Kier molecular flexibility index (Phi) is 6.40. The molecule has 0 aromatic heterocycles. The molecule has 1 aliphatic rings. The van der Waals surface area contributed by atoms with Gasteiger partial charge in [0.1, 0.15) is 0 Å². The standard InChI is InChI=1S/C16H22ClNOS/c1-20-11-3-10-18-9-2-4-14(12-18)16(19)13-5-7-15(17)8-6-13/h5-8,14H,2-4,9-12H2,1H3/t14-/m1/s1. The number of halogens is 1. The summed E-state index contributed by atoms with van der Waals surface area (Å²) in [5, 5.41) is 0.684. The number of hydrogen-bond acceptors (Lipinski definition) is 3. The lowest BCUT2D eigenvalue weighted by atomic mass is 9.90. The quantitative estimate of drug-likeness (QED) is 0.585. The second-order valence-electron chi connectivity index (χ2n) is 5.36. The van der Waals surface area contributed by atoms with Gasteiger partial charge >= 0.3 is 0 Å². The molecule has 110 valence electrons. The summed E-state index contributed by atoms with van der Waals surface area (Å²) in [6.07, 6.45) is 5.50. The Morgan fingerprint density at radius 2 is 2.15 bits per heavy atom. The Bertz CT molecular complexity index is 435. The maximum atomic E-state index is 12.5. The van der Waals surface area contributed by atoms with Crippen molar-refractivity contribution in [1.29, 1.82) is 0 Å². The zero-order valence-corrected chi connectivity index (χ0v) is 13.6. The number of Topliss-reactive ketones (excluding diaryl/α,β-unsaturated/α-hetero) is 1. The zero-order chi connectivity index (χ0) is 14.4. The van der Waals surface area contributed by atoms with Crippen molar-refractivity contribution < 1.29 is 4.79 Å². The van der Waals surface area contributed by atoms with Crippen LogP contribution in [0.4, 0.5) is 0 Å². The summed E-state index contributed by atoms with van der Waals surface area (Å²) in [6, 6.07) is 7.29. The van der Waals surface area contributed by atoms with Gasteiger partial charge in [0, 0.05) is 23.0 Å². The van der Waals surface area contributed by atoms with Crippen LogP contribution >= 0.6 is 23.4 Å². The van der Waals surface area contributed by atoms with Gasteiger partial charge in [-0.05, 0) is 68.6 Å². The van der Waals surface area contributed by atoms with Gasteiger partial charge in [-0.25, -0.2) is 0 Å². The maximum absolute atomic E-state index is 12.5. The molecule has 1 aromatic carbocycles. The van der Waals surface area contributed by atoms with Gasteiger partial charge < -0.3 is 4.90 Å². The molecule has 20 heavy (non-hydrogen) atoms. The van der Waals surface area contributed by atoms with Crippen molar-refractivity contribution in [2.24, 2.45) is 5.92 Å². The van der Waals surface area contributed by atoms with Crippen molar-refractivity contribution in [3.05, 3.63) is 34.9 Å². The Morgan fingerprint density at radius 1 is 1.40 bits per heavy atom. The molecular weight excluding hydrogens is 290 g/mol. The summed E-state index contributed by atoms with van der Waals surface area (Å²) in [4.78, 5) is 15.0. The lowest BCUT2D eigenvalue weighted by Gasteiger charge is -2.32. The number of piperidine rings is 1. The lowest BCUT2D eigenvalue weighted by molar-refractivity contribution is 0.0820. The highest BCUT2D eigenvalue weighted by atomic mass is 35.5. The molecule has 0 N–H and O–H groups in total. The SMILES string of the molecule is CSCCCN1CCC[C@@H](C(=O)c2ccc(Cl)cc2)C1. The maximum Gasteiger partial charge on any atom is 0.167 e. The first-order valence-electron chi connectivity index (χ1n) is 7.22. The predicted octanol–water partition coefficient (Wildman–Crippen LogP) is 3.99. The van der Waals surface area contributed by atoms with Crippen molar-refractivity contribution in [2.75, 3.05) is 31.6 Å². The van der Waals surface area contributed by atoms with Crippen LogP contribution in [0.15, 0.2) is 24.3 Å². The number of thioether (sulfide) groups is 1. The molecule has 0 spiro atoms. The Morgan fingerprint density at radius 3 is 2.85 bits per heavy atom. The van der Waals surface area contributed by atoms with E-state index in [2.05, 4.69) is 11.2 Å². The zero-order valence-electron chi connectivity index (χ0n) is 12.0. The molecule has 1 heterocycles. The second kappa shape index (κ2) is 8.06. The summed E-state index contributed by atoms with van der Waals surface area (Å²) in [7, 11) is 0. The van der Waals surface area contributed by atoms with Crippen LogP contribution in [0.2, 0.25) is 5.02 Å². The minimum absolute atomic E-state index is 0.152. The molecule has 2 rings (SSSR count). The lowest BCUT2D eigenvalue weighted by Crippen LogP contribution is -2.39. The van der Waals surface area contributed by atoms with Crippen molar-refractivity contribution in [3.63, 3.8) is 0 Å². The van der Waals surface area contributed by atoms with E-state index < -0.39 is 0 Å². The minimum atomic E-state index is 0.152. The highest BCUT2D eigenvalue weighted by Gasteiger charge is 2.26.